The average molecular weight is 336 g/mol. The van der Waals surface area contributed by atoms with E-state index in [-0.39, 0.29) is 11.8 Å². The highest BCUT2D eigenvalue weighted by Crippen LogP contribution is 2.30. The van der Waals surface area contributed by atoms with Gasteiger partial charge in [0.1, 0.15) is 10.8 Å². The molecule has 0 aliphatic carbocycles. The number of hydrogen-bond acceptors (Lipinski definition) is 5. The number of nitrogens with zero attached hydrogens (tertiary/aromatic N) is 2. The molecule has 1 atom stereocenters. The minimum atomic E-state index is -3.36. The van der Waals surface area contributed by atoms with Crippen LogP contribution in [-0.2, 0) is 14.6 Å². The Morgan fingerprint density at radius 2 is 1.96 bits per heavy atom. The summed E-state index contributed by atoms with van der Waals surface area (Å²) in [6.07, 6.45) is 2.56. The van der Waals surface area contributed by atoms with Crippen LogP contribution < -0.4 is 0 Å². The molecule has 23 heavy (non-hydrogen) atoms. The minimum Gasteiger partial charge on any atom is -0.440 e. The van der Waals surface area contributed by atoms with Gasteiger partial charge >= 0.3 is 0 Å². The van der Waals surface area contributed by atoms with E-state index < -0.39 is 15.1 Å². The lowest BCUT2D eigenvalue weighted by molar-refractivity contribution is -0.131. The number of likely N-dealkylation sites (tertiary alicyclic amines) is 1. The molecule has 1 amide bonds. The molecule has 0 radical (unpaired) electrons. The van der Waals surface area contributed by atoms with Gasteiger partial charge in [-0.3, -0.25) is 4.79 Å². The summed E-state index contributed by atoms with van der Waals surface area (Å²) in [6, 6.07) is 7.63. The largest absolute Gasteiger partial charge is 0.440 e. The van der Waals surface area contributed by atoms with Gasteiger partial charge in [-0.1, -0.05) is 12.1 Å². The Morgan fingerprint density at radius 3 is 2.57 bits per heavy atom. The number of oxazole rings is 1. The molecule has 1 unspecified atom stereocenters. The maximum absolute atomic E-state index is 12.2. The SMILES string of the molecule is CC(C(=O)N1CCC(c2nc3ccccc3o2)CC1)S(C)(=O)=O. The molecule has 1 aromatic carbocycles. The fraction of sp³-hybridized carbons (Fsp3) is 0.500. The Labute approximate surface area is 135 Å². The second kappa shape index (κ2) is 5.96. The molecular formula is C16H20N2O4S. The molecule has 2 heterocycles. The van der Waals surface area contributed by atoms with Gasteiger partial charge in [0.15, 0.2) is 21.3 Å². The molecule has 0 spiro atoms. The van der Waals surface area contributed by atoms with Crippen molar-refractivity contribution in [2.45, 2.75) is 30.9 Å². The molecule has 0 N–H and O–H groups in total. The van der Waals surface area contributed by atoms with Gasteiger partial charge in [0.05, 0.1) is 0 Å². The third kappa shape index (κ3) is 3.24. The molecule has 0 saturated carbocycles. The molecular weight excluding hydrogens is 316 g/mol. The number of para-hydroxylation sites is 2. The molecule has 3 rings (SSSR count). The van der Waals surface area contributed by atoms with E-state index in [0.717, 1.165) is 30.2 Å². The van der Waals surface area contributed by atoms with Gasteiger partial charge in [-0.25, -0.2) is 13.4 Å². The molecule has 6 nitrogen and oxygen atoms in total. The number of fused-ring (bicyclic) bond motifs is 1. The van der Waals surface area contributed by atoms with Gasteiger partial charge in [0, 0.05) is 25.3 Å². The lowest BCUT2D eigenvalue weighted by atomic mass is 9.96. The molecule has 1 fully saturated rings. The average Bonchev–Trinajstić information content (AvgIpc) is 2.96. The van der Waals surface area contributed by atoms with Crippen molar-refractivity contribution in [1.29, 1.82) is 0 Å². The number of carbonyl (C=O) groups excluding carboxylic acids is 1. The van der Waals surface area contributed by atoms with Crippen molar-refractivity contribution in [2.24, 2.45) is 0 Å². The third-order valence-corrected chi connectivity index (χ3v) is 5.94. The topological polar surface area (TPSA) is 80.5 Å². The minimum absolute atomic E-state index is 0.167. The second-order valence-corrected chi connectivity index (χ2v) is 8.46. The monoisotopic (exact) mass is 336 g/mol. The van der Waals surface area contributed by atoms with Gasteiger partial charge in [-0.05, 0) is 31.9 Å². The first-order valence-corrected chi connectivity index (χ1v) is 9.65. The normalized spacial score (nSPS) is 18.3. The van der Waals surface area contributed by atoms with E-state index >= 15 is 0 Å². The standard InChI is InChI=1S/C16H20N2O4S/c1-11(23(2,20)21)16(19)18-9-7-12(8-10-18)15-17-13-5-3-4-6-14(13)22-15/h3-6,11-12H,7-10H2,1-2H3. The third-order valence-electron chi connectivity index (χ3n) is 4.46. The van der Waals surface area contributed by atoms with E-state index in [1.807, 2.05) is 24.3 Å². The zero-order chi connectivity index (χ0) is 16.6. The van der Waals surface area contributed by atoms with Crippen LogP contribution in [0.15, 0.2) is 28.7 Å². The molecule has 0 bridgehead atoms. The number of benzene rings is 1. The fourth-order valence-electron chi connectivity index (χ4n) is 2.85. The Hall–Kier alpha value is -1.89. The summed E-state index contributed by atoms with van der Waals surface area (Å²) in [5.74, 6) is 0.554. The Bertz CT molecular complexity index is 786. The quantitative estimate of drug-likeness (QED) is 0.856. The summed E-state index contributed by atoms with van der Waals surface area (Å²) in [6.45, 7) is 2.51. The summed E-state index contributed by atoms with van der Waals surface area (Å²) >= 11 is 0. The van der Waals surface area contributed by atoms with Gasteiger partial charge in [-0.15, -0.1) is 0 Å². The first kappa shape index (κ1) is 16.0. The van der Waals surface area contributed by atoms with Crippen LogP contribution in [0.5, 0.6) is 0 Å². The molecule has 1 aliphatic rings. The van der Waals surface area contributed by atoms with Crippen molar-refractivity contribution in [1.82, 2.24) is 9.88 Å². The van der Waals surface area contributed by atoms with Crippen LogP contribution in [0.1, 0.15) is 31.6 Å². The first-order chi connectivity index (χ1) is 10.9. The van der Waals surface area contributed by atoms with E-state index in [4.69, 9.17) is 4.42 Å². The second-order valence-electron chi connectivity index (χ2n) is 6.09. The van der Waals surface area contributed by atoms with Crippen LogP contribution in [0.4, 0.5) is 0 Å². The van der Waals surface area contributed by atoms with Crippen LogP contribution in [-0.4, -0.2) is 48.8 Å². The highest BCUT2D eigenvalue weighted by Gasteiger charge is 2.32. The molecule has 2 aromatic rings. The maximum atomic E-state index is 12.2. The fourth-order valence-corrected chi connectivity index (χ4v) is 3.37. The van der Waals surface area contributed by atoms with Crippen molar-refractivity contribution in [3.8, 4) is 0 Å². The van der Waals surface area contributed by atoms with Gasteiger partial charge in [-0.2, -0.15) is 0 Å². The van der Waals surface area contributed by atoms with Crippen molar-refractivity contribution < 1.29 is 17.6 Å². The maximum Gasteiger partial charge on any atom is 0.240 e. The Balaban J connectivity index is 1.67. The van der Waals surface area contributed by atoms with E-state index in [9.17, 15) is 13.2 Å². The lowest BCUT2D eigenvalue weighted by Crippen LogP contribution is -2.44. The van der Waals surface area contributed by atoms with E-state index in [1.54, 1.807) is 4.90 Å². The zero-order valence-electron chi connectivity index (χ0n) is 13.2. The smallest absolute Gasteiger partial charge is 0.240 e. The highest BCUT2D eigenvalue weighted by atomic mass is 32.2. The predicted octanol–water partition coefficient (Wildman–Crippen LogP) is 1.97. The number of amides is 1. The van der Waals surface area contributed by atoms with Crippen molar-refractivity contribution in [3.63, 3.8) is 0 Å². The van der Waals surface area contributed by atoms with E-state index in [2.05, 4.69) is 4.98 Å². The summed E-state index contributed by atoms with van der Waals surface area (Å²) in [7, 11) is -3.36. The molecule has 7 heteroatoms. The number of hydrogen-bond donors (Lipinski definition) is 0. The van der Waals surface area contributed by atoms with Crippen molar-refractivity contribution in [3.05, 3.63) is 30.2 Å². The highest BCUT2D eigenvalue weighted by molar-refractivity contribution is 7.92. The first-order valence-electron chi connectivity index (χ1n) is 7.69. The molecule has 1 saturated heterocycles. The number of piperidine rings is 1. The zero-order valence-corrected chi connectivity index (χ0v) is 14.0. The Kier molecular flexibility index (Phi) is 4.14. The van der Waals surface area contributed by atoms with E-state index in [1.165, 1.54) is 6.92 Å². The number of carbonyl (C=O) groups is 1. The lowest BCUT2D eigenvalue weighted by Gasteiger charge is -2.32. The van der Waals surface area contributed by atoms with Crippen LogP contribution in [0.2, 0.25) is 0 Å². The summed E-state index contributed by atoms with van der Waals surface area (Å²) < 4.78 is 28.9. The summed E-state index contributed by atoms with van der Waals surface area (Å²) in [5.41, 5.74) is 1.61. The number of aromatic nitrogens is 1. The van der Waals surface area contributed by atoms with Crippen LogP contribution in [0.25, 0.3) is 11.1 Å². The summed E-state index contributed by atoms with van der Waals surface area (Å²) in [4.78, 5) is 18.4. The summed E-state index contributed by atoms with van der Waals surface area (Å²) in [5, 5.41) is -0.983. The number of sulfone groups is 1. The van der Waals surface area contributed by atoms with Gasteiger partial charge in [0.25, 0.3) is 0 Å². The Morgan fingerprint density at radius 1 is 1.30 bits per heavy atom. The van der Waals surface area contributed by atoms with Gasteiger partial charge in [0.2, 0.25) is 5.91 Å². The molecule has 124 valence electrons. The van der Waals surface area contributed by atoms with Crippen molar-refractivity contribution in [2.75, 3.05) is 19.3 Å². The van der Waals surface area contributed by atoms with Crippen molar-refractivity contribution >= 4 is 26.8 Å². The molecule has 1 aliphatic heterocycles. The predicted molar refractivity (Wildman–Crippen MR) is 86.9 cm³/mol. The molecule has 1 aromatic heterocycles. The van der Waals surface area contributed by atoms with Crippen LogP contribution >= 0.6 is 0 Å². The van der Waals surface area contributed by atoms with E-state index in [0.29, 0.717) is 19.0 Å². The van der Waals surface area contributed by atoms with Crippen LogP contribution in [0, 0.1) is 0 Å². The van der Waals surface area contributed by atoms with Gasteiger partial charge < -0.3 is 9.32 Å². The number of rotatable bonds is 3. The van der Waals surface area contributed by atoms with Crippen LogP contribution in [0.3, 0.4) is 0 Å².